The summed E-state index contributed by atoms with van der Waals surface area (Å²) in [6.07, 6.45) is 8.77. The van der Waals surface area contributed by atoms with E-state index < -0.39 is 5.60 Å². The number of ether oxygens (including phenoxy) is 1. The molecular formula is C18H31N2O3. The van der Waals surface area contributed by atoms with Crippen molar-refractivity contribution in [3.05, 3.63) is 6.42 Å². The zero-order valence-electron chi connectivity index (χ0n) is 14.8. The Bertz CT molecular complexity index is 403. The van der Waals surface area contributed by atoms with Gasteiger partial charge in [0.25, 0.3) is 0 Å². The minimum atomic E-state index is -0.453. The van der Waals surface area contributed by atoms with E-state index in [2.05, 4.69) is 11.7 Å². The third-order valence-electron chi connectivity index (χ3n) is 4.54. The molecule has 1 saturated carbocycles. The molecule has 5 nitrogen and oxygen atoms in total. The zero-order chi connectivity index (χ0) is 16.9. The number of nitrogens with zero attached hydrogens (tertiary/aromatic N) is 1. The van der Waals surface area contributed by atoms with Crippen LogP contribution in [0, 0.1) is 12.3 Å². The molecule has 2 amide bonds. The molecule has 0 spiro atoms. The van der Waals surface area contributed by atoms with Crippen LogP contribution in [0.2, 0.25) is 0 Å². The Hall–Kier alpha value is -1.26. The van der Waals surface area contributed by atoms with Crippen molar-refractivity contribution in [3.8, 4) is 0 Å². The lowest BCUT2D eigenvalue weighted by atomic mass is 9.92. The minimum Gasteiger partial charge on any atom is -0.444 e. The zero-order valence-corrected chi connectivity index (χ0v) is 14.8. The van der Waals surface area contributed by atoms with Crippen LogP contribution in [0.1, 0.15) is 65.7 Å². The van der Waals surface area contributed by atoms with Crippen molar-refractivity contribution in [3.63, 3.8) is 0 Å². The van der Waals surface area contributed by atoms with Gasteiger partial charge in [0.15, 0.2) is 0 Å². The number of nitrogens with one attached hydrogen (secondary N) is 1. The van der Waals surface area contributed by atoms with E-state index in [9.17, 15) is 9.59 Å². The second-order valence-electron chi connectivity index (χ2n) is 7.82. The van der Waals surface area contributed by atoms with Gasteiger partial charge in [-0.05, 0) is 71.6 Å². The number of carbonyl (C=O) groups excluding carboxylic acids is 2. The van der Waals surface area contributed by atoms with E-state index in [-0.39, 0.29) is 12.0 Å². The SMILES string of the molecule is CC(C)(C)OC(=O)N1CCC(CC(=O)NC2CC[CH]CC2)CC1. The third-order valence-corrected chi connectivity index (χ3v) is 4.54. The highest BCUT2D eigenvalue weighted by molar-refractivity contribution is 5.76. The quantitative estimate of drug-likeness (QED) is 0.867. The summed E-state index contributed by atoms with van der Waals surface area (Å²) in [6.45, 7) is 7.01. The second kappa shape index (κ2) is 8.02. The average Bonchev–Trinajstić information content (AvgIpc) is 2.47. The number of hydrogen-bond donors (Lipinski definition) is 1. The first-order valence-corrected chi connectivity index (χ1v) is 8.92. The standard InChI is InChI=1S/C18H31N2O3/c1-18(2,3)23-17(22)20-11-9-14(10-12-20)13-16(21)19-15-7-5-4-6-8-15/h4,14-15H,5-13H2,1-3H3,(H,19,21). The van der Waals surface area contributed by atoms with E-state index in [1.807, 2.05) is 20.8 Å². The molecule has 2 rings (SSSR count). The van der Waals surface area contributed by atoms with E-state index in [1.54, 1.807) is 4.90 Å². The lowest BCUT2D eigenvalue weighted by Gasteiger charge is -2.33. The first kappa shape index (κ1) is 18.1. The van der Waals surface area contributed by atoms with Crippen molar-refractivity contribution in [2.45, 2.75) is 77.4 Å². The molecule has 1 aliphatic carbocycles. The summed E-state index contributed by atoms with van der Waals surface area (Å²) in [6, 6.07) is 0.356. The predicted molar refractivity (Wildman–Crippen MR) is 89.8 cm³/mol. The summed E-state index contributed by atoms with van der Waals surface area (Å²) in [7, 11) is 0. The molecule has 0 bridgehead atoms. The van der Waals surface area contributed by atoms with E-state index in [4.69, 9.17) is 4.74 Å². The number of piperidine rings is 1. The number of hydrogen-bond acceptors (Lipinski definition) is 3. The molecule has 131 valence electrons. The van der Waals surface area contributed by atoms with Gasteiger partial charge in [0.05, 0.1) is 0 Å². The summed E-state index contributed by atoms with van der Waals surface area (Å²) in [5.41, 5.74) is -0.453. The smallest absolute Gasteiger partial charge is 0.410 e. The molecule has 1 saturated heterocycles. The molecule has 1 aliphatic heterocycles. The largest absolute Gasteiger partial charge is 0.444 e. The maximum Gasteiger partial charge on any atom is 0.410 e. The molecule has 1 heterocycles. The lowest BCUT2D eigenvalue weighted by molar-refractivity contribution is -0.123. The Morgan fingerprint density at radius 3 is 2.30 bits per heavy atom. The van der Waals surface area contributed by atoms with Gasteiger partial charge in [0, 0.05) is 25.6 Å². The fourth-order valence-electron chi connectivity index (χ4n) is 3.27. The highest BCUT2D eigenvalue weighted by Gasteiger charge is 2.28. The average molecular weight is 323 g/mol. The number of amides is 2. The Kier molecular flexibility index (Phi) is 6.31. The topological polar surface area (TPSA) is 58.6 Å². The van der Waals surface area contributed by atoms with Crippen LogP contribution in [0.4, 0.5) is 4.79 Å². The molecule has 2 aliphatic rings. The third kappa shape index (κ3) is 6.40. The highest BCUT2D eigenvalue weighted by atomic mass is 16.6. The van der Waals surface area contributed by atoms with Crippen LogP contribution in [0.5, 0.6) is 0 Å². The molecule has 0 aromatic rings. The normalized spacial score (nSPS) is 21.1. The predicted octanol–water partition coefficient (Wildman–Crippen LogP) is 3.29. The molecule has 2 fully saturated rings. The fourth-order valence-corrected chi connectivity index (χ4v) is 3.27. The Balaban J connectivity index is 1.67. The Morgan fingerprint density at radius 2 is 1.74 bits per heavy atom. The summed E-state index contributed by atoms with van der Waals surface area (Å²) in [5.74, 6) is 0.552. The molecular weight excluding hydrogens is 292 g/mol. The van der Waals surface area contributed by atoms with Crippen molar-refractivity contribution in [1.29, 1.82) is 0 Å². The van der Waals surface area contributed by atoms with Gasteiger partial charge in [-0.2, -0.15) is 0 Å². The molecule has 1 N–H and O–H groups in total. The molecule has 5 heteroatoms. The minimum absolute atomic E-state index is 0.174. The van der Waals surface area contributed by atoms with Crippen LogP contribution in [-0.4, -0.2) is 41.6 Å². The summed E-state index contributed by atoms with van der Waals surface area (Å²) >= 11 is 0. The van der Waals surface area contributed by atoms with E-state index in [0.717, 1.165) is 38.5 Å². The fraction of sp³-hybridized carbons (Fsp3) is 0.833. The summed E-state index contributed by atoms with van der Waals surface area (Å²) in [4.78, 5) is 25.9. The molecule has 1 radical (unpaired) electrons. The molecule has 0 aromatic heterocycles. The van der Waals surface area contributed by atoms with Gasteiger partial charge >= 0.3 is 6.09 Å². The number of likely N-dealkylation sites (tertiary alicyclic amines) is 1. The van der Waals surface area contributed by atoms with E-state index in [1.165, 1.54) is 0 Å². The van der Waals surface area contributed by atoms with Crippen LogP contribution in [0.15, 0.2) is 0 Å². The maximum atomic E-state index is 12.2. The van der Waals surface area contributed by atoms with Gasteiger partial charge in [-0.25, -0.2) is 4.79 Å². The maximum absolute atomic E-state index is 12.2. The Labute approximate surface area is 140 Å². The van der Waals surface area contributed by atoms with Crippen LogP contribution >= 0.6 is 0 Å². The van der Waals surface area contributed by atoms with Crippen LogP contribution in [0.3, 0.4) is 0 Å². The van der Waals surface area contributed by atoms with Gasteiger partial charge in [-0.1, -0.05) is 0 Å². The van der Waals surface area contributed by atoms with Crippen LogP contribution in [-0.2, 0) is 9.53 Å². The van der Waals surface area contributed by atoms with Crippen molar-refractivity contribution in [2.24, 2.45) is 5.92 Å². The van der Waals surface area contributed by atoms with Gasteiger partial charge < -0.3 is 15.0 Å². The second-order valence-corrected chi connectivity index (χ2v) is 7.82. The number of rotatable bonds is 3. The Morgan fingerprint density at radius 1 is 1.13 bits per heavy atom. The monoisotopic (exact) mass is 323 g/mol. The van der Waals surface area contributed by atoms with Crippen LogP contribution < -0.4 is 5.32 Å². The van der Waals surface area contributed by atoms with Crippen molar-refractivity contribution >= 4 is 12.0 Å². The van der Waals surface area contributed by atoms with Gasteiger partial charge in [-0.3, -0.25) is 4.79 Å². The molecule has 0 unspecified atom stereocenters. The molecule has 23 heavy (non-hydrogen) atoms. The first-order chi connectivity index (χ1) is 10.8. The van der Waals surface area contributed by atoms with E-state index in [0.29, 0.717) is 31.5 Å². The van der Waals surface area contributed by atoms with Gasteiger partial charge in [0.2, 0.25) is 5.91 Å². The number of carbonyl (C=O) groups is 2. The van der Waals surface area contributed by atoms with Crippen LogP contribution in [0.25, 0.3) is 0 Å². The van der Waals surface area contributed by atoms with Crippen molar-refractivity contribution in [2.75, 3.05) is 13.1 Å². The van der Waals surface area contributed by atoms with Gasteiger partial charge in [-0.15, -0.1) is 0 Å². The summed E-state index contributed by atoms with van der Waals surface area (Å²) < 4.78 is 5.40. The molecule has 0 aromatic carbocycles. The van der Waals surface area contributed by atoms with E-state index >= 15 is 0 Å². The lowest BCUT2D eigenvalue weighted by Crippen LogP contribution is -2.43. The van der Waals surface area contributed by atoms with Crippen molar-refractivity contribution < 1.29 is 14.3 Å². The van der Waals surface area contributed by atoms with Crippen molar-refractivity contribution in [1.82, 2.24) is 10.2 Å². The summed E-state index contributed by atoms with van der Waals surface area (Å²) in [5, 5.41) is 3.17. The first-order valence-electron chi connectivity index (χ1n) is 8.92. The molecule has 0 atom stereocenters. The highest BCUT2D eigenvalue weighted by Crippen LogP contribution is 2.23. The van der Waals surface area contributed by atoms with Gasteiger partial charge in [0.1, 0.15) is 5.60 Å².